The maximum atomic E-state index is 12.5. The summed E-state index contributed by atoms with van der Waals surface area (Å²) < 4.78 is 29.5. The van der Waals surface area contributed by atoms with Crippen molar-refractivity contribution in [2.75, 3.05) is 26.2 Å². The lowest BCUT2D eigenvalue weighted by molar-refractivity contribution is 0.349. The summed E-state index contributed by atoms with van der Waals surface area (Å²) in [6, 6.07) is 0.0422. The number of rotatable bonds is 9. The Hall–Kier alpha value is -0.170. The molecule has 6 heteroatoms. The highest BCUT2D eigenvalue weighted by Gasteiger charge is 2.26. The highest BCUT2D eigenvalue weighted by Crippen LogP contribution is 2.11. The van der Waals surface area contributed by atoms with E-state index in [1.807, 2.05) is 0 Å². The zero-order chi connectivity index (χ0) is 15.2. The Morgan fingerprint density at radius 1 is 1.15 bits per heavy atom. The van der Waals surface area contributed by atoms with E-state index in [9.17, 15) is 8.42 Å². The van der Waals surface area contributed by atoms with Crippen molar-refractivity contribution in [3.8, 4) is 0 Å². The van der Waals surface area contributed by atoms with Crippen molar-refractivity contribution >= 4 is 10.2 Å². The maximum absolute atomic E-state index is 12.5. The summed E-state index contributed by atoms with van der Waals surface area (Å²) in [4.78, 5) is 0. The van der Waals surface area contributed by atoms with Crippen molar-refractivity contribution in [3.63, 3.8) is 0 Å². The third kappa shape index (κ3) is 6.52. The van der Waals surface area contributed by atoms with Gasteiger partial charge in [0, 0.05) is 25.7 Å². The van der Waals surface area contributed by atoms with Crippen LogP contribution in [0, 0.1) is 11.8 Å². The van der Waals surface area contributed by atoms with Gasteiger partial charge in [0.2, 0.25) is 0 Å². The average Bonchev–Trinajstić information content (AvgIpc) is 2.79. The van der Waals surface area contributed by atoms with Crippen molar-refractivity contribution in [2.45, 2.75) is 53.0 Å². The summed E-state index contributed by atoms with van der Waals surface area (Å²) in [6.07, 6.45) is 2.69. The zero-order valence-corrected chi connectivity index (χ0v) is 14.2. The quantitative estimate of drug-likeness (QED) is 0.680. The molecule has 0 aromatic rings. The highest BCUT2D eigenvalue weighted by molar-refractivity contribution is 7.87. The van der Waals surface area contributed by atoms with Crippen molar-refractivity contribution in [1.29, 1.82) is 0 Å². The maximum Gasteiger partial charge on any atom is 0.279 e. The molecule has 120 valence electrons. The minimum atomic E-state index is -3.35. The second-order valence-electron chi connectivity index (χ2n) is 6.58. The van der Waals surface area contributed by atoms with E-state index < -0.39 is 10.2 Å². The SMILES string of the molecule is CC(C)CCN(CCC(C)C)S(=O)(=O)NC1CCNC1. The van der Waals surface area contributed by atoms with Crippen LogP contribution in [-0.4, -0.2) is 44.9 Å². The van der Waals surface area contributed by atoms with Gasteiger partial charge in [-0.15, -0.1) is 0 Å². The molecule has 5 nitrogen and oxygen atoms in total. The number of hydrogen-bond acceptors (Lipinski definition) is 3. The average molecular weight is 305 g/mol. The smallest absolute Gasteiger partial charge is 0.279 e. The molecule has 0 aliphatic carbocycles. The van der Waals surface area contributed by atoms with Gasteiger partial charge < -0.3 is 5.32 Å². The van der Waals surface area contributed by atoms with Gasteiger partial charge >= 0.3 is 0 Å². The van der Waals surface area contributed by atoms with E-state index in [4.69, 9.17) is 0 Å². The van der Waals surface area contributed by atoms with Gasteiger partial charge in [-0.25, -0.2) is 0 Å². The van der Waals surface area contributed by atoms with Gasteiger partial charge in [-0.2, -0.15) is 17.4 Å². The molecule has 20 heavy (non-hydrogen) atoms. The molecule has 0 bridgehead atoms. The predicted molar refractivity (Wildman–Crippen MR) is 83.8 cm³/mol. The molecule has 0 aromatic carbocycles. The molecule has 0 amide bonds. The Morgan fingerprint density at radius 2 is 1.70 bits per heavy atom. The van der Waals surface area contributed by atoms with Crippen molar-refractivity contribution < 1.29 is 8.42 Å². The molecule has 1 heterocycles. The Morgan fingerprint density at radius 3 is 2.10 bits per heavy atom. The summed E-state index contributed by atoms with van der Waals surface area (Å²) in [5, 5.41) is 3.19. The van der Waals surface area contributed by atoms with Crippen LogP contribution in [0.2, 0.25) is 0 Å². The van der Waals surface area contributed by atoms with Gasteiger partial charge in [-0.3, -0.25) is 0 Å². The van der Waals surface area contributed by atoms with Crippen LogP contribution >= 0.6 is 0 Å². The molecule has 0 aromatic heterocycles. The third-order valence-electron chi connectivity index (χ3n) is 3.63. The summed E-state index contributed by atoms with van der Waals surface area (Å²) in [5.74, 6) is 1.03. The molecule has 0 spiro atoms. The largest absolute Gasteiger partial charge is 0.315 e. The minimum absolute atomic E-state index is 0.0422. The van der Waals surface area contributed by atoms with Gasteiger partial charge in [0.05, 0.1) is 0 Å². The Bertz CT molecular complexity index is 351. The lowest BCUT2D eigenvalue weighted by Crippen LogP contribution is -2.47. The molecule has 1 unspecified atom stereocenters. The molecule has 1 rings (SSSR count). The number of nitrogens with zero attached hydrogens (tertiary/aromatic N) is 1. The van der Waals surface area contributed by atoms with Crippen LogP contribution in [0.3, 0.4) is 0 Å². The molecule has 1 saturated heterocycles. The van der Waals surface area contributed by atoms with E-state index in [1.54, 1.807) is 4.31 Å². The molecular weight excluding hydrogens is 274 g/mol. The first-order valence-corrected chi connectivity index (χ1v) is 9.23. The van der Waals surface area contributed by atoms with Crippen LogP contribution in [0.4, 0.5) is 0 Å². The first-order valence-electron chi connectivity index (χ1n) is 7.79. The van der Waals surface area contributed by atoms with Gasteiger partial charge in [0.25, 0.3) is 10.2 Å². The fourth-order valence-electron chi connectivity index (χ4n) is 2.20. The Balaban J connectivity index is 2.61. The van der Waals surface area contributed by atoms with Crippen LogP contribution in [0.1, 0.15) is 47.0 Å². The molecule has 2 N–H and O–H groups in total. The molecular formula is C14H31N3O2S. The van der Waals surface area contributed by atoms with Crippen LogP contribution < -0.4 is 10.0 Å². The predicted octanol–water partition coefficient (Wildman–Crippen LogP) is 1.58. The Labute approximate surface area is 124 Å². The normalized spacial score (nSPS) is 20.4. The van der Waals surface area contributed by atoms with Gasteiger partial charge in [-0.1, -0.05) is 27.7 Å². The first kappa shape index (κ1) is 17.9. The van der Waals surface area contributed by atoms with E-state index in [2.05, 4.69) is 37.7 Å². The van der Waals surface area contributed by atoms with Crippen LogP contribution in [0.15, 0.2) is 0 Å². The van der Waals surface area contributed by atoms with E-state index in [1.165, 1.54) is 0 Å². The fraction of sp³-hybridized carbons (Fsp3) is 1.00. The van der Waals surface area contributed by atoms with Gasteiger partial charge in [-0.05, 0) is 37.6 Å². The monoisotopic (exact) mass is 305 g/mol. The molecule has 0 saturated carbocycles. The summed E-state index contributed by atoms with van der Waals surface area (Å²) >= 11 is 0. The van der Waals surface area contributed by atoms with Crippen molar-refractivity contribution in [1.82, 2.24) is 14.3 Å². The zero-order valence-electron chi connectivity index (χ0n) is 13.4. The lowest BCUT2D eigenvalue weighted by atomic mass is 10.1. The second kappa shape index (κ2) is 8.32. The lowest BCUT2D eigenvalue weighted by Gasteiger charge is -2.25. The first-order chi connectivity index (χ1) is 9.31. The topological polar surface area (TPSA) is 61.4 Å². The third-order valence-corrected chi connectivity index (χ3v) is 5.30. The highest BCUT2D eigenvalue weighted by atomic mass is 32.2. The molecule has 1 fully saturated rings. The van der Waals surface area contributed by atoms with E-state index in [0.717, 1.165) is 32.4 Å². The minimum Gasteiger partial charge on any atom is -0.315 e. The number of nitrogens with one attached hydrogen (secondary N) is 2. The molecule has 1 atom stereocenters. The van der Waals surface area contributed by atoms with E-state index >= 15 is 0 Å². The summed E-state index contributed by atoms with van der Waals surface area (Å²) in [7, 11) is -3.35. The van der Waals surface area contributed by atoms with E-state index in [-0.39, 0.29) is 6.04 Å². The van der Waals surface area contributed by atoms with Gasteiger partial charge in [0.15, 0.2) is 0 Å². The summed E-state index contributed by atoms with van der Waals surface area (Å²) in [5.41, 5.74) is 0. The Kier molecular flexibility index (Phi) is 7.43. The standard InChI is InChI=1S/C14H31N3O2S/c1-12(2)6-9-17(10-7-13(3)4)20(18,19)16-14-5-8-15-11-14/h12-16H,5-11H2,1-4H3. The second-order valence-corrected chi connectivity index (χ2v) is 8.28. The van der Waals surface area contributed by atoms with Crippen LogP contribution in [0.25, 0.3) is 0 Å². The summed E-state index contributed by atoms with van der Waals surface area (Å²) in [6.45, 7) is 11.4. The van der Waals surface area contributed by atoms with E-state index in [0.29, 0.717) is 24.9 Å². The van der Waals surface area contributed by atoms with Crippen LogP contribution in [-0.2, 0) is 10.2 Å². The molecule has 1 aliphatic rings. The van der Waals surface area contributed by atoms with Crippen molar-refractivity contribution in [3.05, 3.63) is 0 Å². The van der Waals surface area contributed by atoms with Crippen LogP contribution in [0.5, 0.6) is 0 Å². The molecule has 1 aliphatic heterocycles. The van der Waals surface area contributed by atoms with Crippen molar-refractivity contribution in [2.24, 2.45) is 11.8 Å². The molecule has 0 radical (unpaired) electrons. The van der Waals surface area contributed by atoms with Gasteiger partial charge in [0.1, 0.15) is 0 Å². The fourth-order valence-corrected chi connectivity index (χ4v) is 3.66. The number of hydrogen-bond donors (Lipinski definition) is 2.